The third kappa shape index (κ3) is 2.56. The second kappa shape index (κ2) is 5.36. The summed E-state index contributed by atoms with van der Waals surface area (Å²) in [6.45, 7) is 5.13. The Morgan fingerprint density at radius 2 is 2.25 bits per heavy atom. The molecule has 3 atom stereocenters. The van der Waals surface area contributed by atoms with Crippen LogP contribution in [0.25, 0.3) is 11.0 Å². The highest BCUT2D eigenvalue weighted by atomic mass is 35.5. The number of alkyl halides is 1. The van der Waals surface area contributed by atoms with Crippen molar-refractivity contribution in [3.63, 3.8) is 0 Å². The van der Waals surface area contributed by atoms with Crippen LogP contribution in [0, 0.1) is 17.7 Å². The number of rotatable bonds is 3. The molecule has 1 aliphatic rings. The monoisotopic (exact) mass is 294 g/mol. The first-order valence-corrected chi connectivity index (χ1v) is 7.78. The second-order valence-electron chi connectivity index (χ2n) is 6.11. The molecule has 1 aromatic carbocycles. The molecular weight excluding hydrogens is 275 g/mol. The number of imidazole rings is 1. The lowest BCUT2D eigenvalue weighted by Gasteiger charge is -2.15. The predicted octanol–water partition coefficient (Wildman–Crippen LogP) is 4.91. The average molecular weight is 295 g/mol. The topological polar surface area (TPSA) is 17.8 Å². The van der Waals surface area contributed by atoms with Gasteiger partial charge in [-0.05, 0) is 49.8 Å². The maximum Gasteiger partial charge on any atom is 0.127 e. The van der Waals surface area contributed by atoms with Gasteiger partial charge in [-0.1, -0.05) is 13.3 Å². The highest BCUT2D eigenvalue weighted by molar-refractivity contribution is 6.20. The number of fused-ring (bicyclic) bond motifs is 1. The molecule has 0 spiro atoms. The Kier molecular flexibility index (Phi) is 3.72. The molecular formula is C16H20ClFN2. The van der Waals surface area contributed by atoms with E-state index in [1.54, 1.807) is 12.1 Å². The van der Waals surface area contributed by atoms with Crippen molar-refractivity contribution < 1.29 is 4.39 Å². The van der Waals surface area contributed by atoms with Gasteiger partial charge in [0.1, 0.15) is 11.6 Å². The van der Waals surface area contributed by atoms with Crippen LogP contribution in [0.1, 0.15) is 44.3 Å². The molecule has 1 fully saturated rings. The van der Waals surface area contributed by atoms with E-state index in [1.807, 2.05) is 6.92 Å². The van der Waals surface area contributed by atoms with Gasteiger partial charge in [0.2, 0.25) is 0 Å². The van der Waals surface area contributed by atoms with Crippen LogP contribution in [0.5, 0.6) is 0 Å². The van der Waals surface area contributed by atoms with Crippen LogP contribution < -0.4 is 0 Å². The van der Waals surface area contributed by atoms with Gasteiger partial charge >= 0.3 is 0 Å². The number of nitrogens with zero attached hydrogens (tertiary/aromatic N) is 2. The number of hydrogen-bond acceptors (Lipinski definition) is 1. The van der Waals surface area contributed by atoms with Crippen LogP contribution in [0.15, 0.2) is 18.2 Å². The number of halogens is 2. The third-order valence-corrected chi connectivity index (χ3v) is 4.53. The van der Waals surface area contributed by atoms with Gasteiger partial charge in [0.25, 0.3) is 0 Å². The second-order valence-corrected chi connectivity index (χ2v) is 6.77. The smallest absolute Gasteiger partial charge is 0.127 e. The lowest BCUT2D eigenvalue weighted by atomic mass is 10.1. The zero-order chi connectivity index (χ0) is 14.3. The molecule has 4 heteroatoms. The summed E-state index contributed by atoms with van der Waals surface area (Å²) in [4.78, 5) is 4.58. The van der Waals surface area contributed by atoms with E-state index in [1.165, 1.54) is 25.3 Å². The summed E-state index contributed by atoms with van der Waals surface area (Å²) in [5.41, 5.74) is 1.70. The minimum Gasteiger partial charge on any atom is -0.326 e. The summed E-state index contributed by atoms with van der Waals surface area (Å²) in [6, 6.07) is 4.77. The Morgan fingerprint density at radius 1 is 1.45 bits per heavy atom. The first-order valence-electron chi connectivity index (χ1n) is 7.34. The lowest BCUT2D eigenvalue weighted by molar-refractivity contribution is 0.438. The molecule has 0 radical (unpaired) electrons. The predicted molar refractivity (Wildman–Crippen MR) is 80.5 cm³/mol. The fraction of sp³-hybridized carbons (Fsp3) is 0.562. The van der Waals surface area contributed by atoms with Crippen LogP contribution in [0.2, 0.25) is 0 Å². The first kappa shape index (κ1) is 13.9. The minimum atomic E-state index is -0.216. The van der Waals surface area contributed by atoms with Crippen molar-refractivity contribution in [2.24, 2.45) is 11.8 Å². The van der Waals surface area contributed by atoms with Crippen LogP contribution in [0.4, 0.5) is 4.39 Å². The summed E-state index contributed by atoms with van der Waals surface area (Å²) in [7, 11) is 0. The number of aromatic nitrogens is 2. The maximum absolute atomic E-state index is 13.5. The molecule has 3 rings (SSSR count). The summed E-state index contributed by atoms with van der Waals surface area (Å²) in [5.74, 6) is 2.09. The zero-order valence-corrected chi connectivity index (χ0v) is 12.7. The normalized spacial score (nSPS) is 24.4. The largest absolute Gasteiger partial charge is 0.326 e. The molecule has 2 nitrogen and oxygen atoms in total. The van der Waals surface area contributed by atoms with Crippen LogP contribution >= 0.6 is 11.6 Å². The van der Waals surface area contributed by atoms with Gasteiger partial charge in [-0.25, -0.2) is 9.37 Å². The summed E-state index contributed by atoms with van der Waals surface area (Å²) < 4.78 is 15.7. The molecule has 3 unspecified atom stereocenters. The van der Waals surface area contributed by atoms with Crippen molar-refractivity contribution in [2.75, 3.05) is 0 Å². The van der Waals surface area contributed by atoms with Crippen molar-refractivity contribution in [3.8, 4) is 0 Å². The van der Waals surface area contributed by atoms with E-state index < -0.39 is 0 Å². The van der Waals surface area contributed by atoms with Crippen LogP contribution in [-0.4, -0.2) is 9.55 Å². The molecule has 1 saturated carbocycles. The molecule has 0 N–H and O–H groups in total. The van der Waals surface area contributed by atoms with Crippen molar-refractivity contribution in [3.05, 3.63) is 29.8 Å². The molecule has 0 saturated heterocycles. The summed E-state index contributed by atoms with van der Waals surface area (Å²) in [6.07, 6.45) is 3.77. The quantitative estimate of drug-likeness (QED) is 0.735. The van der Waals surface area contributed by atoms with E-state index in [2.05, 4.69) is 16.5 Å². The molecule has 1 aromatic heterocycles. The van der Waals surface area contributed by atoms with Crippen molar-refractivity contribution in [1.29, 1.82) is 0 Å². The molecule has 0 aliphatic heterocycles. The Labute approximate surface area is 123 Å². The third-order valence-electron chi connectivity index (χ3n) is 4.34. The molecule has 2 aromatic rings. The minimum absolute atomic E-state index is 0.163. The van der Waals surface area contributed by atoms with E-state index >= 15 is 0 Å². The lowest BCUT2D eigenvalue weighted by Crippen LogP contribution is -2.11. The van der Waals surface area contributed by atoms with Gasteiger partial charge in [0, 0.05) is 6.54 Å². The van der Waals surface area contributed by atoms with Gasteiger partial charge in [0.15, 0.2) is 0 Å². The van der Waals surface area contributed by atoms with Crippen molar-refractivity contribution >= 4 is 22.6 Å². The Morgan fingerprint density at radius 3 is 2.90 bits per heavy atom. The molecule has 1 aliphatic carbocycles. The number of hydrogen-bond donors (Lipinski definition) is 0. The Balaban J connectivity index is 2.01. The Bertz CT molecular complexity index is 620. The van der Waals surface area contributed by atoms with Gasteiger partial charge in [-0.3, -0.25) is 0 Å². The van der Waals surface area contributed by atoms with Crippen molar-refractivity contribution in [2.45, 2.75) is 45.0 Å². The molecule has 20 heavy (non-hydrogen) atoms. The van der Waals surface area contributed by atoms with Crippen LogP contribution in [-0.2, 0) is 6.54 Å². The molecule has 1 heterocycles. The van der Waals surface area contributed by atoms with Gasteiger partial charge in [0.05, 0.1) is 16.4 Å². The van der Waals surface area contributed by atoms with E-state index in [-0.39, 0.29) is 11.2 Å². The SMILES string of the molecule is CC1CCC(Cn2c(C(C)Cl)nc3ccc(F)cc32)C1. The fourth-order valence-electron chi connectivity index (χ4n) is 3.36. The molecule has 0 bridgehead atoms. The first-order chi connectivity index (χ1) is 9.54. The highest BCUT2D eigenvalue weighted by Crippen LogP contribution is 2.34. The molecule has 108 valence electrons. The summed E-state index contributed by atoms with van der Waals surface area (Å²) >= 11 is 6.26. The van der Waals surface area contributed by atoms with Gasteiger partial charge in [-0.15, -0.1) is 11.6 Å². The van der Waals surface area contributed by atoms with E-state index in [0.717, 1.165) is 29.3 Å². The van der Waals surface area contributed by atoms with Gasteiger partial charge < -0.3 is 4.57 Å². The van der Waals surface area contributed by atoms with Gasteiger partial charge in [-0.2, -0.15) is 0 Å². The summed E-state index contributed by atoms with van der Waals surface area (Å²) in [5, 5.41) is -0.163. The maximum atomic E-state index is 13.5. The van der Waals surface area contributed by atoms with E-state index in [4.69, 9.17) is 11.6 Å². The fourth-order valence-corrected chi connectivity index (χ4v) is 3.53. The number of benzene rings is 1. The van der Waals surface area contributed by atoms with Crippen molar-refractivity contribution in [1.82, 2.24) is 9.55 Å². The molecule has 0 amide bonds. The zero-order valence-electron chi connectivity index (χ0n) is 11.9. The van der Waals surface area contributed by atoms with Crippen LogP contribution in [0.3, 0.4) is 0 Å². The Hall–Kier alpha value is -1.09. The average Bonchev–Trinajstić information content (AvgIpc) is 2.95. The van der Waals surface area contributed by atoms with E-state index in [9.17, 15) is 4.39 Å². The van der Waals surface area contributed by atoms with E-state index in [0.29, 0.717) is 5.92 Å². The standard InChI is InChI=1S/C16H20ClFN2/c1-10-3-4-12(7-10)9-20-15-8-13(18)5-6-14(15)19-16(20)11(2)17/h5-6,8,10-12H,3-4,7,9H2,1-2H3. The highest BCUT2D eigenvalue weighted by Gasteiger charge is 2.24.